The molecule has 2 aromatic heterocycles. The summed E-state index contributed by atoms with van der Waals surface area (Å²) in [6, 6.07) is 2.23. The predicted molar refractivity (Wildman–Crippen MR) is 97.7 cm³/mol. The molecule has 1 saturated heterocycles. The lowest BCUT2D eigenvalue weighted by Gasteiger charge is -2.43. The van der Waals surface area contributed by atoms with Gasteiger partial charge in [0.1, 0.15) is 11.4 Å². The Labute approximate surface area is 152 Å². The summed E-state index contributed by atoms with van der Waals surface area (Å²) in [5, 5.41) is 2.18. The van der Waals surface area contributed by atoms with E-state index in [-0.39, 0.29) is 11.5 Å². The Hall–Kier alpha value is -1.66. The van der Waals surface area contributed by atoms with E-state index in [1.807, 2.05) is 28.6 Å². The normalized spacial score (nSPS) is 19.2. The van der Waals surface area contributed by atoms with Gasteiger partial charge in [0.2, 0.25) is 5.91 Å². The zero-order chi connectivity index (χ0) is 17.3. The van der Waals surface area contributed by atoms with E-state index in [4.69, 9.17) is 4.74 Å². The van der Waals surface area contributed by atoms with Crippen LogP contribution in [0.15, 0.2) is 23.8 Å². The van der Waals surface area contributed by atoms with Crippen molar-refractivity contribution in [1.82, 2.24) is 14.5 Å². The molecule has 4 rings (SSSR count). The first kappa shape index (κ1) is 16.8. The summed E-state index contributed by atoms with van der Waals surface area (Å²) >= 11 is 1.81. The lowest BCUT2D eigenvalue weighted by molar-refractivity contribution is -0.140. The Morgan fingerprint density at radius 1 is 1.40 bits per heavy atom. The highest BCUT2D eigenvalue weighted by Crippen LogP contribution is 2.44. The van der Waals surface area contributed by atoms with Gasteiger partial charge in [0.15, 0.2) is 0 Å². The van der Waals surface area contributed by atoms with Crippen LogP contribution in [0.5, 0.6) is 0 Å². The lowest BCUT2D eigenvalue weighted by atomic mass is 9.85. The molecule has 0 N–H and O–H groups in total. The third kappa shape index (κ3) is 3.13. The zero-order valence-corrected chi connectivity index (χ0v) is 15.6. The fourth-order valence-corrected chi connectivity index (χ4v) is 5.24. The molecule has 2 aromatic rings. The number of imidazole rings is 1. The van der Waals surface area contributed by atoms with Gasteiger partial charge in [-0.2, -0.15) is 0 Å². The first-order chi connectivity index (χ1) is 12.2. The number of rotatable bonds is 4. The van der Waals surface area contributed by atoms with E-state index in [9.17, 15) is 4.79 Å². The van der Waals surface area contributed by atoms with Gasteiger partial charge in [0.05, 0.1) is 6.61 Å². The quantitative estimate of drug-likeness (QED) is 0.843. The first-order valence-corrected chi connectivity index (χ1v) is 10.1. The molecule has 0 saturated carbocycles. The number of carbonyl (C=O) groups is 1. The van der Waals surface area contributed by atoms with E-state index in [1.54, 1.807) is 0 Å². The topological polar surface area (TPSA) is 47.4 Å². The molecule has 0 bridgehead atoms. The third-order valence-corrected chi connectivity index (χ3v) is 6.66. The molecule has 5 nitrogen and oxygen atoms in total. The highest BCUT2D eigenvalue weighted by atomic mass is 32.1. The van der Waals surface area contributed by atoms with Crippen molar-refractivity contribution >= 4 is 17.2 Å². The molecule has 0 atom stereocenters. The fraction of sp³-hybridized carbons (Fsp3) is 0.579. The van der Waals surface area contributed by atoms with Gasteiger partial charge in [0.25, 0.3) is 0 Å². The SMILES string of the molecule is CCc1nccn1CCC(=O)N1CCC2(CC1)OCCc1ccsc12. The number of thiophene rings is 1. The number of fused-ring (bicyclic) bond motifs is 2. The Kier molecular flexibility index (Phi) is 4.65. The van der Waals surface area contributed by atoms with Crippen LogP contribution in [0.3, 0.4) is 0 Å². The number of carbonyl (C=O) groups excluding carboxylic acids is 1. The number of aromatic nitrogens is 2. The van der Waals surface area contributed by atoms with E-state index in [0.717, 1.165) is 57.7 Å². The Morgan fingerprint density at radius 2 is 2.24 bits per heavy atom. The van der Waals surface area contributed by atoms with Crippen molar-refractivity contribution in [2.75, 3.05) is 19.7 Å². The highest BCUT2D eigenvalue weighted by molar-refractivity contribution is 7.10. The van der Waals surface area contributed by atoms with Gasteiger partial charge in [-0.15, -0.1) is 11.3 Å². The van der Waals surface area contributed by atoms with Gasteiger partial charge in [-0.25, -0.2) is 4.98 Å². The maximum atomic E-state index is 12.6. The Morgan fingerprint density at radius 3 is 3.04 bits per heavy atom. The van der Waals surface area contributed by atoms with Crippen LogP contribution in [0, 0.1) is 0 Å². The van der Waals surface area contributed by atoms with Crippen LogP contribution in [0.25, 0.3) is 0 Å². The maximum Gasteiger partial charge on any atom is 0.224 e. The Bertz CT molecular complexity index is 743. The molecule has 0 unspecified atom stereocenters. The number of hydrogen-bond donors (Lipinski definition) is 0. The zero-order valence-electron chi connectivity index (χ0n) is 14.7. The molecule has 2 aliphatic heterocycles. The van der Waals surface area contributed by atoms with E-state index in [2.05, 4.69) is 27.9 Å². The van der Waals surface area contributed by atoms with E-state index in [1.165, 1.54) is 10.4 Å². The number of aryl methyl sites for hydroxylation is 2. The standard InChI is InChI=1S/C19H25N3O2S/c1-2-16-20-8-12-21(16)9-3-17(23)22-10-6-19(7-11-22)18-15(4-13-24-19)5-14-25-18/h5,8,12,14H,2-4,6-7,9-11,13H2,1H3. The maximum absolute atomic E-state index is 12.6. The van der Waals surface area contributed by atoms with E-state index in [0.29, 0.717) is 6.42 Å². The smallest absolute Gasteiger partial charge is 0.224 e. The molecular formula is C19H25N3O2S. The molecule has 0 radical (unpaired) electrons. The molecule has 1 spiro atoms. The van der Waals surface area contributed by atoms with Crippen molar-refractivity contribution in [3.8, 4) is 0 Å². The van der Waals surface area contributed by atoms with Gasteiger partial charge in [-0.3, -0.25) is 4.79 Å². The molecule has 25 heavy (non-hydrogen) atoms. The van der Waals surface area contributed by atoms with Gasteiger partial charge >= 0.3 is 0 Å². The molecule has 1 amide bonds. The van der Waals surface area contributed by atoms with Crippen LogP contribution >= 0.6 is 11.3 Å². The van der Waals surface area contributed by atoms with Crippen molar-refractivity contribution in [2.24, 2.45) is 0 Å². The molecule has 0 aliphatic carbocycles. The summed E-state index contributed by atoms with van der Waals surface area (Å²) in [7, 11) is 0. The average molecular weight is 359 g/mol. The van der Waals surface area contributed by atoms with E-state index >= 15 is 0 Å². The fourth-order valence-electron chi connectivity index (χ4n) is 4.08. The second-order valence-corrected chi connectivity index (χ2v) is 7.81. The van der Waals surface area contributed by atoms with Crippen molar-refractivity contribution in [3.63, 3.8) is 0 Å². The van der Waals surface area contributed by atoms with Crippen LogP contribution in [-0.2, 0) is 34.5 Å². The number of ether oxygens (including phenoxy) is 1. The second kappa shape index (κ2) is 6.92. The van der Waals surface area contributed by atoms with Crippen molar-refractivity contribution in [1.29, 1.82) is 0 Å². The summed E-state index contributed by atoms with van der Waals surface area (Å²) < 4.78 is 8.32. The first-order valence-electron chi connectivity index (χ1n) is 9.20. The number of likely N-dealkylation sites (tertiary alicyclic amines) is 1. The van der Waals surface area contributed by atoms with Gasteiger partial charge in [-0.1, -0.05) is 6.92 Å². The van der Waals surface area contributed by atoms with Crippen molar-refractivity contribution in [2.45, 2.75) is 51.2 Å². The van der Waals surface area contributed by atoms with Crippen LogP contribution in [0.4, 0.5) is 0 Å². The summed E-state index contributed by atoms with van der Waals surface area (Å²) in [6.07, 6.45) is 8.07. The minimum Gasteiger partial charge on any atom is -0.369 e. The van der Waals surface area contributed by atoms with Crippen LogP contribution in [0.1, 0.15) is 42.5 Å². The third-order valence-electron chi connectivity index (χ3n) is 5.52. The summed E-state index contributed by atoms with van der Waals surface area (Å²) in [6.45, 7) is 5.20. The minimum absolute atomic E-state index is 0.141. The number of nitrogens with zero attached hydrogens (tertiary/aromatic N) is 3. The number of amides is 1. The molecule has 0 aromatic carbocycles. The average Bonchev–Trinajstić information content (AvgIpc) is 3.30. The predicted octanol–water partition coefficient (Wildman–Crippen LogP) is 2.99. The van der Waals surface area contributed by atoms with Crippen molar-refractivity contribution in [3.05, 3.63) is 40.1 Å². The molecular weight excluding hydrogens is 334 g/mol. The summed E-state index contributed by atoms with van der Waals surface area (Å²) in [5.41, 5.74) is 1.31. The molecule has 6 heteroatoms. The summed E-state index contributed by atoms with van der Waals surface area (Å²) in [5.74, 6) is 1.29. The van der Waals surface area contributed by atoms with Gasteiger partial charge < -0.3 is 14.2 Å². The number of piperidine rings is 1. The molecule has 1 fully saturated rings. The van der Waals surface area contributed by atoms with Gasteiger partial charge in [-0.05, 0) is 36.3 Å². The Balaban J connectivity index is 1.35. The summed E-state index contributed by atoms with van der Waals surface area (Å²) in [4.78, 5) is 20.3. The van der Waals surface area contributed by atoms with E-state index < -0.39 is 0 Å². The highest BCUT2D eigenvalue weighted by Gasteiger charge is 2.42. The minimum atomic E-state index is -0.141. The van der Waals surface area contributed by atoms with Crippen LogP contribution in [-0.4, -0.2) is 40.1 Å². The number of hydrogen-bond acceptors (Lipinski definition) is 4. The van der Waals surface area contributed by atoms with Crippen molar-refractivity contribution < 1.29 is 9.53 Å². The van der Waals surface area contributed by atoms with Crippen LogP contribution in [0.2, 0.25) is 0 Å². The lowest BCUT2D eigenvalue weighted by Crippen LogP contribution is -2.48. The second-order valence-electron chi connectivity index (χ2n) is 6.89. The molecule has 134 valence electrons. The van der Waals surface area contributed by atoms with Crippen LogP contribution < -0.4 is 0 Å². The largest absolute Gasteiger partial charge is 0.369 e. The molecule has 4 heterocycles. The van der Waals surface area contributed by atoms with Gasteiger partial charge in [0, 0.05) is 49.7 Å². The molecule has 2 aliphatic rings. The monoisotopic (exact) mass is 359 g/mol.